The molecule has 0 unspecified atom stereocenters. The zero-order valence-electron chi connectivity index (χ0n) is 14.5. The molecular formula is C22H16N4O. The second kappa shape index (κ2) is 6.21. The Hall–Kier alpha value is -3.73. The molecular weight excluding hydrogens is 336 g/mol. The maximum absolute atomic E-state index is 12.7. The molecule has 0 amide bonds. The molecule has 0 aliphatic rings. The van der Waals surface area contributed by atoms with Gasteiger partial charge < -0.3 is 4.40 Å². The first-order valence-corrected chi connectivity index (χ1v) is 8.75. The number of pyridine rings is 2. The van der Waals surface area contributed by atoms with Crippen molar-refractivity contribution in [2.75, 3.05) is 0 Å². The van der Waals surface area contributed by atoms with Gasteiger partial charge in [-0.1, -0.05) is 24.3 Å². The molecule has 0 bridgehead atoms. The minimum Gasteiger partial charge on any atom is -0.317 e. The summed E-state index contributed by atoms with van der Waals surface area (Å²) < 4.78 is 3.79. The largest absolute Gasteiger partial charge is 0.317 e. The number of hydrogen-bond donors (Lipinski definition) is 0. The topological polar surface area (TPSA) is 52.2 Å². The Morgan fingerprint density at radius 1 is 0.889 bits per heavy atom. The summed E-state index contributed by atoms with van der Waals surface area (Å²) in [6, 6.07) is 22.1. The lowest BCUT2D eigenvalue weighted by molar-refractivity contribution is 0.747. The van der Waals surface area contributed by atoms with Crippen LogP contribution in [-0.4, -0.2) is 18.9 Å². The molecule has 0 N–H and O–H groups in total. The summed E-state index contributed by atoms with van der Waals surface area (Å²) in [5.74, 6) is 0. The van der Waals surface area contributed by atoms with Crippen LogP contribution in [0.3, 0.4) is 0 Å². The molecule has 0 saturated carbocycles. The Morgan fingerprint density at radius 2 is 1.85 bits per heavy atom. The molecule has 0 saturated heterocycles. The van der Waals surface area contributed by atoms with Crippen LogP contribution in [0.1, 0.15) is 5.56 Å². The highest BCUT2D eigenvalue weighted by Crippen LogP contribution is 2.23. The molecule has 0 fully saturated rings. The molecule has 5 rings (SSSR count). The summed E-state index contributed by atoms with van der Waals surface area (Å²) in [6.07, 6.45) is 5.27. The number of rotatable bonds is 3. The summed E-state index contributed by atoms with van der Waals surface area (Å²) in [5.41, 5.74) is 4.84. The van der Waals surface area contributed by atoms with Crippen LogP contribution in [0.2, 0.25) is 0 Å². The van der Waals surface area contributed by atoms with Crippen molar-refractivity contribution in [3.8, 4) is 11.3 Å². The van der Waals surface area contributed by atoms with Gasteiger partial charge in [-0.15, -0.1) is 0 Å². The fraction of sp³-hybridized carbons (Fsp3) is 0.0455. The Morgan fingerprint density at radius 3 is 2.81 bits per heavy atom. The van der Waals surface area contributed by atoms with E-state index in [1.807, 2.05) is 24.3 Å². The van der Waals surface area contributed by atoms with Gasteiger partial charge in [0.2, 0.25) is 0 Å². The standard InChI is InChI=1S/C22H16N4O/c27-22-19-8-4-11-23-21(19)24-15-25(22)14-16-5-3-6-17(13-16)20-10-9-18-7-1-2-12-26(18)20/h1-13,15H,14H2. The highest BCUT2D eigenvalue weighted by molar-refractivity contribution is 5.72. The van der Waals surface area contributed by atoms with Gasteiger partial charge in [-0.25, -0.2) is 9.97 Å². The summed E-state index contributed by atoms with van der Waals surface area (Å²) in [4.78, 5) is 21.1. The summed E-state index contributed by atoms with van der Waals surface area (Å²) in [5, 5.41) is 0.536. The van der Waals surface area contributed by atoms with Crippen LogP contribution in [0.5, 0.6) is 0 Å². The van der Waals surface area contributed by atoms with Gasteiger partial charge >= 0.3 is 0 Å². The quantitative estimate of drug-likeness (QED) is 0.497. The number of aromatic nitrogens is 4. The first-order valence-electron chi connectivity index (χ1n) is 8.75. The van der Waals surface area contributed by atoms with E-state index in [4.69, 9.17) is 0 Å². The first kappa shape index (κ1) is 15.5. The van der Waals surface area contributed by atoms with Gasteiger partial charge in [-0.3, -0.25) is 9.36 Å². The average Bonchev–Trinajstić information content (AvgIpc) is 3.15. The Kier molecular flexibility index (Phi) is 3.57. The van der Waals surface area contributed by atoms with Crippen LogP contribution in [-0.2, 0) is 6.54 Å². The van der Waals surface area contributed by atoms with Crippen molar-refractivity contribution in [3.05, 3.63) is 101 Å². The van der Waals surface area contributed by atoms with Gasteiger partial charge in [0.15, 0.2) is 5.65 Å². The van der Waals surface area contributed by atoms with Crippen molar-refractivity contribution in [1.29, 1.82) is 0 Å². The summed E-state index contributed by atoms with van der Waals surface area (Å²) in [7, 11) is 0. The molecule has 130 valence electrons. The van der Waals surface area contributed by atoms with Crippen LogP contribution in [0.15, 0.2) is 90.2 Å². The molecule has 4 aromatic heterocycles. The summed E-state index contributed by atoms with van der Waals surface area (Å²) >= 11 is 0. The molecule has 5 heteroatoms. The third-order valence-electron chi connectivity index (χ3n) is 4.74. The van der Waals surface area contributed by atoms with E-state index in [1.165, 1.54) is 0 Å². The zero-order valence-corrected chi connectivity index (χ0v) is 14.5. The molecule has 0 atom stereocenters. The fourth-order valence-corrected chi connectivity index (χ4v) is 3.43. The van der Waals surface area contributed by atoms with Crippen LogP contribution in [0, 0.1) is 0 Å². The number of fused-ring (bicyclic) bond motifs is 2. The predicted molar refractivity (Wildman–Crippen MR) is 106 cm³/mol. The van der Waals surface area contributed by atoms with E-state index >= 15 is 0 Å². The van der Waals surface area contributed by atoms with Crippen molar-refractivity contribution in [1.82, 2.24) is 18.9 Å². The molecule has 0 radical (unpaired) electrons. The maximum atomic E-state index is 12.7. The van der Waals surface area contributed by atoms with Crippen molar-refractivity contribution in [3.63, 3.8) is 0 Å². The lowest BCUT2D eigenvalue weighted by Gasteiger charge is -2.09. The van der Waals surface area contributed by atoms with Crippen molar-refractivity contribution < 1.29 is 0 Å². The van der Waals surface area contributed by atoms with E-state index in [0.29, 0.717) is 17.6 Å². The molecule has 0 aliphatic heterocycles. The van der Waals surface area contributed by atoms with E-state index in [2.05, 4.69) is 50.9 Å². The minimum atomic E-state index is -0.0772. The lowest BCUT2D eigenvalue weighted by Crippen LogP contribution is -2.21. The van der Waals surface area contributed by atoms with Gasteiger partial charge in [0, 0.05) is 17.9 Å². The number of nitrogens with zero attached hydrogens (tertiary/aromatic N) is 4. The predicted octanol–water partition coefficient (Wildman–Crippen LogP) is 3.76. The van der Waals surface area contributed by atoms with Gasteiger partial charge in [0.25, 0.3) is 5.56 Å². The molecule has 5 nitrogen and oxygen atoms in total. The smallest absolute Gasteiger partial charge is 0.263 e. The molecule has 0 spiro atoms. The second-order valence-electron chi connectivity index (χ2n) is 6.47. The normalized spacial score (nSPS) is 11.3. The van der Waals surface area contributed by atoms with Gasteiger partial charge in [0.1, 0.15) is 6.33 Å². The van der Waals surface area contributed by atoms with Crippen LogP contribution >= 0.6 is 0 Å². The zero-order chi connectivity index (χ0) is 18.2. The fourth-order valence-electron chi connectivity index (χ4n) is 3.43. The van der Waals surface area contributed by atoms with Gasteiger partial charge in [-0.05, 0) is 53.6 Å². The van der Waals surface area contributed by atoms with Crippen molar-refractivity contribution >= 4 is 16.6 Å². The monoisotopic (exact) mass is 352 g/mol. The lowest BCUT2D eigenvalue weighted by atomic mass is 10.1. The Labute approximate surface area is 155 Å². The Bertz CT molecular complexity index is 1330. The first-order chi connectivity index (χ1) is 13.3. The van der Waals surface area contributed by atoms with Crippen LogP contribution < -0.4 is 5.56 Å². The van der Waals surface area contributed by atoms with E-state index in [0.717, 1.165) is 22.3 Å². The highest BCUT2D eigenvalue weighted by atomic mass is 16.1. The highest BCUT2D eigenvalue weighted by Gasteiger charge is 2.08. The molecule has 0 aliphatic carbocycles. The average molecular weight is 352 g/mol. The summed E-state index contributed by atoms with van der Waals surface area (Å²) in [6.45, 7) is 0.466. The molecule has 4 heterocycles. The van der Waals surface area contributed by atoms with E-state index in [1.54, 1.807) is 29.2 Å². The number of benzene rings is 1. The molecule has 27 heavy (non-hydrogen) atoms. The molecule has 1 aromatic carbocycles. The SMILES string of the molecule is O=c1c2cccnc2ncn1Cc1cccc(-c2ccc3ccccn23)c1. The van der Waals surface area contributed by atoms with Gasteiger partial charge in [0.05, 0.1) is 17.6 Å². The van der Waals surface area contributed by atoms with Gasteiger partial charge in [-0.2, -0.15) is 0 Å². The second-order valence-corrected chi connectivity index (χ2v) is 6.47. The third-order valence-corrected chi connectivity index (χ3v) is 4.74. The Balaban J connectivity index is 1.55. The van der Waals surface area contributed by atoms with E-state index in [-0.39, 0.29) is 5.56 Å². The van der Waals surface area contributed by atoms with E-state index in [9.17, 15) is 4.79 Å². The van der Waals surface area contributed by atoms with Crippen LogP contribution in [0.4, 0.5) is 0 Å². The molecule has 5 aromatic rings. The maximum Gasteiger partial charge on any atom is 0.263 e. The van der Waals surface area contributed by atoms with E-state index < -0.39 is 0 Å². The van der Waals surface area contributed by atoms with Crippen molar-refractivity contribution in [2.24, 2.45) is 0 Å². The third kappa shape index (κ3) is 2.69. The number of hydrogen-bond acceptors (Lipinski definition) is 3. The van der Waals surface area contributed by atoms with Crippen molar-refractivity contribution in [2.45, 2.75) is 6.54 Å². The minimum absolute atomic E-state index is 0.0772. The van der Waals surface area contributed by atoms with Crippen LogP contribution in [0.25, 0.3) is 27.8 Å².